The Morgan fingerprint density at radius 2 is 2.05 bits per heavy atom. The second-order valence-electron chi connectivity index (χ2n) is 4.78. The second kappa shape index (κ2) is 5.90. The van der Waals surface area contributed by atoms with Gasteiger partial charge in [0, 0.05) is 19.3 Å². The molecule has 2 heterocycles. The maximum absolute atomic E-state index is 12.2. The van der Waals surface area contributed by atoms with Crippen LogP contribution >= 0.6 is 0 Å². The van der Waals surface area contributed by atoms with Crippen LogP contribution in [0.1, 0.15) is 42.1 Å². The van der Waals surface area contributed by atoms with Crippen LogP contribution in [0.25, 0.3) is 0 Å². The zero-order chi connectivity index (χ0) is 14.7. The minimum atomic E-state index is -0.195. The molecule has 2 aromatic heterocycles. The Bertz CT molecular complexity index is 611. The van der Waals surface area contributed by atoms with Crippen LogP contribution in [-0.2, 0) is 13.1 Å². The van der Waals surface area contributed by atoms with Gasteiger partial charge in [-0.05, 0) is 33.3 Å². The van der Waals surface area contributed by atoms with Crippen molar-refractivity contribution in [3.63, 3.8) is 0 Å². The fraction of sp³-hybridized carbons (Fsp3) is 0.500. The predicted octanol–water partition coefficient (Wildman–Crippen LogP) is 2.38. The molecule has 2 aromatic rings. The molecule has 1 amide bonds. The van der Waals surface area contributed by atoms with E-state index in [0.717, 1.165) is 36.6 Å². The summed E-state index contributed by atoms with van der Waals surface area (Å²) in [5.41, 5.74) is 3.02. The highest BCUT2D eigenvalue weighted by Gasteiger charge is 2.16. The molecule has 0 aliphatic heterocycles. The SMILES string of the molecule is CCCn1nc(C)c(NC(=O)c2ccn(CC)n2)c1C. The molecule has 0 fully saturated rings. The maximum Gasteiger partial charge on any atom is 0.276 e. The number of nitrogens with one attached hydrogen (secondary N) is 1. The van der Waals surface area contributed by atoms with Crippen LogP contribution in [0.4, 0.5) is 5.69 Å². The summed E-state index contributed by atoms with van der Waals surface area (Å²) >= 11 is 0. The summed E-state index contributed by atoms with van der Waals surface area (Å²) in [6, 6.07) is 1.72. The fourth-order valence-electron chi connectivity index (χ4n) is 2.14. The number of anilines is 1. The predicted molar refractivity (Wildman–Crippen MR) is 77.8 cm³/mol. The molecular formula is C14H21N5O. The number of aromatic nitrogens is 4. The van der Waals surface area contributed by atoms with Crippen molar-refractivity contribution in [1.29, 1.82) is 0 Å². The Morgan fingerprint density at radius 3 is 2.65 bits per heavy atom. The Labute approximate surface area is 118 Å². The molecule has 6 nitrogen and oxygen atoms in total. The van der Waals surface area contributed by atoms with Crippen LogP contribution < -0.4 is 5.32 Å². The van der Waals surface area contributed by atoms with Crippen molar-refractivity contribution in [3.8, 4) is 0 Å². The first-order valence-corrected chi connectivity index (χ1v) is 6.95. The molecule has 0 saturated carbocycles. The standard InChI is InChI=1S/C14H21N5O/c1-5-8-19-11(4)13(10(3)16-19)15-14(20)12-7-9-18(6-2)17-12/h7,9H,5-6,8H2,1-4H3,(H,15,20). The van der Waals surface area contributed by atoms with Gasteiger partial charge in [-0.3, -0.25) is 14.2 Å². The van der Waals surface area contributed by atoms with Gasteiger partial charge in [0.05, 0.1) is 17.1 Å². The average molecular weight is 275 g/mol. The van der Waals surface area contributed by atoms with E-state index in [1.807, 2.05) is 25.5 Å². The van der Waals surface area contributed by atoms with Crippen molar-refractivity contribution in [2.75, 3.05) is 5.32 Å². The van der Waals surface area contributed by atoms with E-state index in [1.165, 1.54) is 0 Å². The van der Waals surface area contributed by atoms with E-state index in [-0.39, 0.29) is 5.91 Å². The normalized spacial score (nSPS) is 10.8. The lowest BCUT2D eigenvalue weighted by Crippen LogP contribution is -2.14. The van der Waals surface area contributed by atoms with E-state index < -0.39 is 0 Å². The van der Waals surface area contributed by atoms with Crippen LogP contribution in [-0.4, -0.2) is 25.5 Å². The molecule has 108 valence electrons. The van der Waals surface area contributed by atoms with Gasteiger partial charge in [0.15, 0.2) is 5.69 Å². The number of rotatable bonds is 5. The van der Waals surface area contributed by atoms with Crippen molar-refractivity contribution in [2.45, 2.75) is 47.2 Å². The molecule has 0 aromatic carbocycles. The number of nitrogens with zero attached hydrogens (tertiary/aromatic N) is 4. The van der Waals surface area contributed by atoms with Gasteiger partial charge < -0.3 is 5.32 Å². The fourth-order valence-corrected chi connectivity index (χ4v) is 2.14. The van der Waals surface area contributed by atoms with Gasteiger partial charge in [-0.25, -0.2) is 0 Å². The molecule has 0 aliphatic carbocycles. The van der Waals surface area contributed by atoms with E-state index in [4.69, 9.17) is 0 Å². The highest BCUT2D eigenvalue weighted by molar-refractivity contribution is 6.03. The first-order chi connectivity index (χ1) is 9.56. The molecule has 0 spiro atoms. The summed E-state index contributed by atoms with van der Waals surface area (Å²) < 4.78 is 3.66. The van der Waals surface area contributed by atoms with Gasteiger partial charge >= 0.3 is 0 Å². The third kappa shape index (κ3) is 2.74. The zero-order valence-electron chi connectivity index (χ0n) is 12.5. The summed E-state index contributed by atoms with van der Waals surface area (Å²) in [4.78, 5) is 12.2. The van der Waals surface area contributed by atoms with E-state index in [9.17, 15) is 4.79 Å². The highest BCUT2D eigenvalue weighted by atomic mass is 16.2. The number of hydrogen-bond acceptors (Lipinski definition) is 3. The molecule has 0 saturated heterocycles. The van der Waals surface area contributed by atoms with E-state index >= 15 is 0 Å². The Morgan fingerprint density at radius 1 is 1.30 bits per heavy atom. The van der Waals surface area contributed by atoms with E-state index in [0.29, 0.717) is 5.69 Å². The second-order valence-corrected chi connectivity index (χ2v) is 4.78. The summed E-state index contributed by atoms with van der Waals surface area (Å²) in [5.74, 6) is -0.195. The monoisotopic (exact) mass is 275 g/mol. The smallest absolute Gasteiger partial charge is 0.276 e. The van der Waals surface area contributed by atoms with Crippen LogP contribution in [0.2, 0.25) is 0 Å². The van der Waals surface area contributed by atoms with Crippen LogP contribution in [0.5, 0.6) is 0 Å². The lowest BCUT2D eigenvalue weighted by Gasteiger charge is -2.05. The van der Waals surface area contributed by atoms with Crippen molar-refractivity contribution < 1.29 is 4.79 Å². The lowest BCUT2D eigenvalue weighted by atomic mass is 10.3. The topological polar surface area (TPSA) is 64.7 Å². The minimum absolute atomic E-state index is 0.195. The average Bonchev–Trinajstić information content (AvgIpc) is 3.00. The summed E-state index contributed by atoms with van der Waals surface area (Å²) in [7, 11) is 0. The summed E-state index contributed by atoms with van der Waals surface area (Å²) in [6.45, 7) is 9.56. The third-order valence-corrected chi connectivity index (χ3v) is 3.25. The molecule has 0 bridgehead atoms. The van der Waals surface area contributed by atoms with Crippen LogP contribution in [0, 0.1) is 13.8 Å². The molecule has 0 radical (unpaired) electrons. The largest absolute Gasteiger partial charge is 0.317 e. The molecule has 2 rings (SSSR count). The zero-order valence-corrected chi connectivity index (χ0v) is 12.5. The quantitative estimate of drug-likeness (QED) is 0.911. The van der Waals surface area contributed by atoms with Crippen molar-refractivity contribution in [2.24, 2.45) is 0 Å². The van der Waals surface area contributed by atoms with Crippen LogP contribution in [0.15, 0.2) is 12.3 Å². The van der Waals surface area contributed by atoms with E-state index in [1.54, 1.807) is 16.9 Å². The molecule has 0 aliphatic rings. The molecule has 20 heavy (non-hydrogen) atoms. The van der Waals surface area contributed by atoms with Crippen molar-refractivity contribution in [1.82, 2.24) is 19.6 Å². The number of carbonyl (C=O) groups excluding carboxylic acids is 1. The van der Waals surface area contributed by atoms with Gasteiger partial charge in [0.25, 0.3) is 5.91 Å². The summed E-state index contributed by atoms with van der Waals surface area (Å²) in [5, 5.41) is 11.6. The Balaban J connectivity index is 2.19. The minimum Gasteiger partial charge on any atom is -0.317 e. The van der Waals surface area contributed by atoms with Gasteiger partial charge in [-0.15, -0.1) is 0 Å². The Hall–Kier alpha value is -2.11. The molecule has 0 atom stereocenters. The van der Waals surface area contributed by atoms with Crippen molar-refractivity contribution in [3.05, 3.63) is 29.3 Å². The number of aryl methyl sites for hydroxylation is 3. The third-order valence-electron chi connectivity index (χ3n) is 3.25. The first-order valence-electron chi connectivity index (χ1n) is 6.95. The highest BCUT2D eigenvalue weighted by Crippen LogP contribution is 2.20. The molecule has 6 heteroatoms. The van der Waals surface area contributed by atoms with Gasteiger partial charge in [0.2, 0.25) is 0 Å². The molecular weight excluding hydrogens is 254 g/mol. The summed E-state index contributed by atoms with van der Waals surface area (Å²) in [6.07, 6.45) is 2.81. The number of carbonyl (C=O) groups is 1. The molecule has 0 unspecified atom stereocenters. The number of hydrogen-bond donors (Lipinski definition) is 1. The first kappa shape index (κ1) is 14.3. The number of amides is 1. The maximum atomic E-state index is 12.2. The Kier molecular flexibility index (Phi) is 4.22. The van der Waals surface area contributed by atoms with Gasteiger partial charge in [-0.1, -0.05) is 6.92 Å². The lowest BCUT2D eigenvalue weighted by molar-refractivity contribution is 0.102. The van der Waals surface area contributed by atoms with Gasteiger partial charge in [-0.2, -0.15) is 10.2 Å². The van der Waals surface area contributed by atoms with Crippen LogP contribution in [0.3, 0.4) is 0 Å². The van der Waals surface area contributed by atoms with Gasteiger partial charge in [0.1, 0.15) is 0 Å². The van der Waals surface area contributed by atoms with E-state index in [2.05, 4.69) is 22.4 Å². The van der Waals surface area contributed by atoms with Crippen molar-refractivity contribution >= 4 is 11.6 Å². The molecule has 1 N–H and O–H groups in total.